The van der Waals surface area contributed by atoms with Crippen molar-refractivity contribution in [2.75, 3.05) is 0 Å². The van der Waals surface area contributed by atoms with Crippen molar-refractivity contribution in [2.45, 2.75) is 52.9 Å². The molecule has 2 rings (SSSR count). The van der Waals surface area contributed by atoms with E-state index < -0.39 is 11.4 Å². The summed E-state index contributed by atoms with van der Waals surface area (Å²) in [4.78, 5) is 13.0. The predicted octanol–water partition coefficient (Wildman–Crippen LogP) is 4.60. The second-order valence-corrected chi connectivity index (χ2v) is 8.01. The van der Waals surface area contributed by atoms with Crippen LogP contribution in [0.15, 0.2) is 17.5 Å². The highest BCUT2D eigenvalue weighted by atomic mass is 32.1. The molecule has 1 N–H and O–H groups in total. The van der Waals surface area contributed by atoms with Gasteiger partial charge in [0.1, 0.15) is 0 Å². The zero-order chi connectivity index (χ0) is 14.1. The number of hydrogen-bond acceptors (Lipinski definition) is 2. The Morgan fingerprint density at radius 3 is 2.47 bits per heavy atom. The Hall–Kier alpha value is -0.830. The molecule has 0 spiro atoms. The minimum Gasteiger partial charge on any atom is -0.481 e. The van der Waals surface area contributed by atoms with Crippen LogP contribution in [0.2, 0.25) is 0 Å². The van der Waals surface area contributed by atoms with Crippen molar-refractivity contribution < 1.29 is 9.90 Å². The van der Waals surface area contributed by atoms with E-state index in [0.29, 0.717) is 17.8 Å². The van der Waals surface area contributed by atoms with Gasteiger partial charge in [0, 0.05) is 4.88 Å². The first-order valence-electron chi connectivity index (χ1n) is 7.09. The third-order valence-corrected chi connectivity index (χ3v) is 5.59. The molecule has 0 bridgehead atoms. The van der Waals surface area contributed by atoms with Crippen LogP contribution >= 0.6 is 11.3 Å². The van der Waals surface area contributed by atoms with E-state index in [2.05, 4.69) is 26.8 Å². The van der Waals surface area contributed by atoms with Gasteiger partial charge in [-0.3, -0.25) is 4.79 Å². The van der Waals surface area contributed by atoms with Crippen LogP contribution in [0.4, 0.5) is 0 Å². The van der Waals surface area contributed by atoms with E-state index in [-0.39, 0.29) is 0 Å². The fourth-order valence-corrected chi connectivity index (χ4v) is 4.10. The Labute approximate surface area is 119 Å². The maximum Gasteiger partial charge on any atom is 0.309 e. The average Bonchev–Trinajstić information content (AvgIpc) is 2.81. The quantitative estimate of drug-likeness (QED) is 0.878. The maximum atomic E-state index is 11.8. The van der Waals surface area contributed by atoms with Crippen LogP contribution in [-0.2, 0) is 11.2 Å². The van der Waals surface area contributed by atoms with Crippen molar-refractivity contribution in [2.24, 2.45) is 16.7 Å². The van der Waals surface area contributed by atoms with E-state index in [9.17, 15) is 9.90 Å². The number of aliphatic carboxylic acids is 1. The number of hydrogen-bond donors (Lipinski definition) is 1. The van der Waals surface area contributed by atoms with Gasteiger partial charge >= 0.3 is 5.97 Å². The minimum atomic E-state index is -0.603. The van der Waals surface area contributed by atoms with Crippen molar-refractivity contribution in [3.8, 4) is 0 Å². The van der Waals surface area contributed by atoms with Crippen molar-refractivity contribution in [3.63, 3.8) is 0 Å². The van der Waals surface area contributed by atoms with Crippen molar-refractivity contribution in [1.29, 1.82) is 0 Å². The van der Waals surface area contributed by atoms with Gasteiger partial charge in [0.05, 0.1) is 5.41 Å². The standard InChI is InChI=1S/C16H24O2S/c1-15(2,3)12-6-8-16(9-7-12,14(17)18)11-13-5-4-10-19-13/h4-5,10,12H,6-9,11H2,1-3H3,(H,17,18). The molecule has 1 aromatic rings. The molecule has 1 fully saturated rings. The lowest BCUT2D eigenvalue weighted by Gasteiger charge is -2.41. The smallest absolute Gasteiger partial charge is 0.309 e. The van der Waals surface area contributed by atoms with E-state index in [0.717, 1.165) is 25.7 Å². The zero-order valence-electron chi connectivity index (χ0n) is 12.1. The molecule has 1 aromatic heterocycles. The summed E-state index contributed by atoms with van der Waals surface area (Å²) in [6, 6.07) is 4.07. The van der Waals surface area contributed by atoms with Crippen LogP contribution in [0.25, 0.3) is 0 Å². The predicted molar refractivity (Wildman–Crippen MR) is 79.5 cm³/mol. The Morgan fingerprint density at radius 1 is 1.42 bits per heavy atom. The van der Waals surface area contributed by atoms with Crippen LogP contribution in [0, 0.1) is 16.7 Å². The van der Waals surface area contributed by atoms with Crippen LogP contribution in [0.1, 0.15) is 51.3 Å². The highest BCUT2D eigenvalue weighted by molar-refractivity contribution is 7.09. The zero-order valence-corrected chi connectivity index (χ0v) is 12.9. The van der Waals surface area contributed by atoms with Gasteiger partial charge in [-0.15, -0.1) is 11.3 Å². The topological polar surface area (TPSA) is 37.3 Å². The molecule has 0 saturated heterocycles. The minimum absolute atomic E-state index is 0.299. The fourth-order valence-electron chi connectivity index (χ4n) is 3.25. The summed E-state index contributed by atoms with van der Waals surface area (Å²) in [5.74, 6) is 0.0524. The molecule has 1 heterocycles. The van der Waals surface area contributed by atoms with Crippen LogP contribution in [-0.4, -0.2) is 11.1 Å². The van der Waals surface area contributed by atoms with Crippen molar-refractivity contribution in [1.82, 2.24) is 0 Å². The number of carbonyl (C=O) groups is 1. The van der Waals surface area contributed by atoms with Crippen LogP contribution in [0.5, 0.6) is 0 Å². The van der Waals surface area contributed by atoms with E-state index in [4.69, 9.17) is 0 Å². The molecule has 2 nitrogen and oxygen atoms in total. The monoisotopic (exact) mass is 280 g/mol. The summed E-state index contributed by atoms with van der Waals surface area (Å²) >= 11 is 1.68. The second kappa shape index (κ2) is 5.28. The summed E-state index contributed by atoms with van der Waals surface area (Å²) in [5, 5.41) is 11.7. The largest absolute Gasteiger partial charge is 0.481 e. The highest BCUT2D eigenvalue weighted by Gasteiger charge is 2.44. The molecule has 19 heavy (non-hydrogen) atoms. The first-order valence-corrected chi connectivity index (χ1v) is 7.97. The van der Waals surface area contributed by atoms with Gasteiger partial charge in [-0.1, -0.05) is 26.8 Å². The normalized spacial score (nSPS) is 28.3. The molecule has 0 aromatic carbocycles. The summed E-state index contributed by atoms with van der Waals surface area (Å²) in [5.41, 5.74) is -0.222. The summed E-state index contributed by atoms with van der Waals surface area (Å²) in [7, 11) is 0. The number of thiophene rings is 1. The first-order chi connectivity index (χ1) is 8.83. The molecule has 1 aliphatic carbocycles. The van der Waals surface area contributed by atoms with Gasteiger partial charge in [0.2, 0.25) is 0 Å². The van der Waals surface area contributed by atoms with Gasteiger partial charge in [-0.2, -0.15) is 0 Å². The molecular formula is C16H24O2S. The molecule has 3 heteroatoms. The van der Waals surface area contributed by atoms with E-state index in [1.54, 1.807) is 11.3 Å². The van der Waals surface area contributed by atoms with Gasteiger partial charge in [-0.05, 0) is 54.9 Å². The molecule has 0 atom stereocenters. The summed E-state index contributed by atoms with van der Waals surface area (Å²) in [6.07, 6.45) is 4.43. The van der Waals surface area contributed by atoms with E-state index >= 15 is 0 Å². The summed E-state index contributed by atoms with van der Waals surface area (Å²) in [6.45, 7) is 6.81. The molecule has 0 radical (unpaired) electrons. The first kappa shape index (κ1) is 14.6. The molecule has 0 amide bonds. The molecule has 0 aliphatic heterocycles. The van der Waals surface area contributed by atoms with Gasteiger partial charge in [0.15, 0.2) is 0 Å². The molecule has 106 valence electrons. The second-order valence-electron chi connectivity index (χ2n) is 6.98. The van der Waals surface area contributed by atoms with Crippen LogP contribution < -0.4 is 0 Å². The van der Waals surface area contributed by atoms with Crippen LogP contribution in [0.3, 0.4) is 0 Å². The lowest BCUT2D eigenvalue weighted by molar-refractivity contribution is -0.152. The Kier molecular flexibility index (Phi) is 4.05. The highest BCUT2D eigenvalue weighted by Crippen LogP contribution is 2.47. The molecule has 1 aliphatic rings. The third-order valence-electron chi connectivity index (χ3n) is 4.71. The SMILES string of the molecule is CC(C)(C)C1CCC(Cc2cccs2)(C(=O)O)CC1. The molecule has 1 saturated carbocycles. The van der Waals surface area contributed by atoms with E-state index in [1.807, 2.05) is 11.4 Å². The maximum absolute atomic E-state index is 11.8. The number of rotatable bonds is 3. The lowest BCUT2D eigenvalue weighted by atomic mass is 9.63. The Balaban J connectivity index is 2.09. The average molecular weight is 280 g/mol. The van der Waals surface area contributed by atoms with Gasteiger partial charge in [-0.25, -0.2) is 0 Å². The molecule has 0 unspecified atom stereocenters. The number of carboxylic acid groups (broad SMARTS) is 1. The Morgan fingerprint density at radius 2 is 2.05 bits per heavy atom. The summed E-state index contributed by atoms with van der Waals surface area (Å²) < 4.78 is 0. The van der Waals surface area contributed by atoms with Crippen molar-refractivity contribution in [3.05, 3.63) is 22.4 Å². The lowest BCUT2D eigenvalue weighted by Crippen LogP contribution is -2.39. The number of carboxylic acids is 1. The Bertz CT molecular complexity index is 420. The third kappa shape index (κ3) is 3.19. The fraction of sp³-hybridized carbons (Fsp3) is 0.688. The van der Waals surface area contributed by atoms with Crippen molar-refractivity contribution >= 4 is 17.3 Å². The van der Waals surface area contributed by atoms with Gasteiger partial charge in [0.25, 0.3) is 0 Å². The van der Waals surface area contributed by atoms with Gasteiger partial charge < -0.3 is 5.11 Å². The van der Waals surface area contributed by atoms with E-state index in [1.165, 1.54) is 4.88 Å². The molecular weight excluding hydrogens is 256 g/mol.